The normalized spacial score (nSPS) is 20.9. The highest BCUT2D eigenvalue weighted by Crippen LogP contribution is 2.19. The standard InChI is InChI=1S/C18H28N4O3S.2ClH/c1-15-4-3-5-17(12-15)20-8-10-21(11-9-20)26(24,25)14-18(23)22-7-6-19-13-16(22)2;;/h3-5,12,16,19H,6-11,13-14H2,1-2H3;2*1H/t16-;;/m0../s1. The first-order valence-corrected chi connectivity index (χ1v) is 10.8. The van der Waals surface area contributed by atoms with Gasteiger partial charge in [0.05, 0.1) is 0 Å². The minimum Gasteiger partial charge on any atom is -0.369 e. The van der Waals surface area contributed by atoms with Crippen molar-refractivity contribution in [3.63, 3.8) is 0 Å². The molecule has 0 saturated carbocycles. The number of halogens is 2. The Balaban J connectivity index is 0.00000196. The number of anilines is 1. The van der Waals surface area contributed by atoms with Gasteiger partial charge in [0.2, 0.25) is 15.9 Å². The van der Waals surface area contributed by atoms with Gasteiger partial charge in [-0.15, -0.1) is 24.8 Å². The van der Waals surface area contributed by atoms with E-state index in [9.17, 15) is 13.2 Å². The van der Waals surface area contributed by atoms with E-state index in [0.717, 1.165) is 5.69 Å². The van der Waals surface area contributed by atoms with Gasteiger partial charge in [0, 0.05) is 57.5 Å². The Kier molecular flexibility index (Phi) is 9.49. The third kappa shape index (κ3) is 5.97. The lowest BCUT2D eigenvalue weighted by Gasteiger charge is -2.37. The molecule has 0 unspecified atom stereocenters. The number of aryl methyl sites for hydroxylation is 1. The average molecular weight is 453 g/mol. The van der Waals surface area contributed by atoms with Gasteiger partial charge in [-0.2, -0.15) is 4.31 Å². The zero-order valence-electron chi connectivity index (χ0n) is 16.3. The maximum Gasteiger partial charge on any atom is 0.239 e. The summed E-state index contributed by atoms with van der Waals surface area (Å²) in [4.78, 5) is 16.3. The Bertz CT molecular complexity index is 755. The number of sulfonamides is 1. The molecule has 0 aromatic heterocycles. The third-order valence-corrected chi connectivity index (χ3v) is 6.89. The molecule has 160 valence electrons. The molecule has 0 spiro atoms. The number of rotatable bonds is 4. The van der Waals surface area contributed by atoms with Crippen LogP contribution in [0.5, 0.6) is 0 Å². The number of piperazine rings is 2. The first kappa shape index (κ1) is 25.0. The molecule has 1 N–H and O–H groups in total. The largest absolute Gasteiger partial charge is 0.369 e. The third-order valence-electron chi connectivity index (χ3n) is 5.13. The fourth-order valence-electron chi connectivity index (χ4n) is 3.59. The van der Waals surface area contributed by atoms with Crippen LogP contribution in [0.25, 0.3) is 0 Å². The maximum absolute atomic E-state index is 12.7. The van der Waals surface area contributed by atoms with E-state index in [1.165, 1.54) is 9.87 Å². The summed E-state index contributed by atoms with van der Waals surface area (Å²) in [5.41, 5.74) is 2.31. The Morgan fingerprint density at radius 3 is 2.43 bits per heavy atom. The predicted molar refractivity (Wildman–Crippen MR) is 117 cm³/mol. The van der Waals surface area contributed by atoms with E-state index in [1.807, 2.05) is 32.0 Å². The smallest absolute Gasteiger partial charge is 0.239 e. The topological polar surface area (TPSA) is 73.0 Å². The van der Waals surface area contributed by atoms with Crippen LogP contribution in [0.2, 0.25) is 0 Å². The Morgan fingerprint density at radius 1 is 1.14 bits per heavy atom. The van der Waals surface area contributed by atoms with Crippen LogP contribution < -0.4 is 10.2 Å². The van der Waals surface area contributed by atoms with Crippen LogP contribution in [0.15, 0.2) is 24.3 Å². The second kappa shape index (κ2) is 10.6. The predicted octanol–water partition coefficient (Wildman–Crippen LogP) is 1.11. The molecule has 2 heterocycles. The summed E-state index contributed by atoms with van der Waals surface area (Å²) in [6.07, 6.45) is 0. The molecule has 0 bridgehead atoms. The summed E-state index contributed by atoms with van der Waals surface area (Å²) in [6.45, 7) is 8.09. The molecule has 0 aliphatic carbocycles. The molecule has 7 nitrogen and oxygen atoms in total. The molecule has 1 amide bonds. The molecule has 2 aliphatic heterocycles. The minimum atomic E-state index is -3.57. The molecule has 28 heavy (non-hydrogen) atoms. The summed E-state index contributed by atoms with van der Waals surface area (Å²) < 4.78 is 26.8. The van der Waals surface area contributed by atoms with Gasteiger partial charge in [0.15, 0.2) is 0 Å². The first-order chi connectivity index (χ1) is 12.4. The van der Waals surface area contributed by atoms with Crippen LogP contribution >= 0.6 is 24.8 Å². The van der Waals surface area contributed by atoms with Crippen molar-refractivity contribution in [1.82, 2.24) is 14.5 Å². The summed E-state index contributed by atoms with van der Waals surface area (Å²) in [7, 11) is -3.57. The van der Waals surface area contributed by atoms with E-state index in [1.54, 1.807) is 4.90 Å². The van der Waals surface area contributed by atoms with Crippen molar-refractivity contribution in [3.05, 3.63) is 29.8 Å². The number of carbonyl (C=O) groups excluding carboxylic acids is 1. The lowest BCUT2D eigenvalue weighted by Crippen LogP contribution is -2.55. The second-order valence-corrected chi connectivity index (χ2v) is 9.09. The van der Waals surface area contributed by atoms with Crippen LogP contribution in [0.1, 0.15) is 12.5 Å². The number of amides is 1. The summed E-state index contributed by atoms with van der Waals surface area (Å²) >= 11 is 0. The van der Waals surface area contributed by atoms with Gasteiger partial charge in [0.1, 0.15) is 5.75 Å². The Morgan fingerprint density at radius 2 is 1.82 bits per heavy atom. The van der Waals surface area contributed by atoms with E-state index in [0.29, 0.717) is 45.8 Å². The summed E-state index contributed by atoms with van der Waals surface area (Å²) in [5.74, 6) is -0.720. The van der Waals surface area contributed by atoms with Crippen molar-refractivity contribution >= 4 is 46.4 Å². The number of hydrogen-bond donors (Lipinski definition) is 1. The van der Waals surface area contributed by atoms with Crippen LogP contribution in [0, 0.1) is 6.92 Å². The molecule has 2 saturated heterocycles. The molecule has 10 heteroatoms. The fourth-order valence-corrected chi connectivity index (χ4v) is 4.97. The van der Waals surface area contributed by atoms with Crippen molar-refractivity contribution < 1.29 is 13.2 Å². The number of hydrogen-bond acceptors (Lipinski definition) is 5. The highest BCUT2D eigenvalue weighted by molar-refractivity contribution is 7.89. The van der Waals surface area contributed by atoms with Crippen LogP contribution in [0.4, 0.5) is 5.69 Å². The zero-order valence-corrected chi connectivity index (χ0v) is 18.8. The van der Waals surface area contributed by atoms with Crippen molar-refractivity contribution in [3.8, 4) is 0 Å². The Hall–Kier alpha value is -1.06. The SMILES string of the molecule is Cc1cccc(N2CCN(S(=O)(=O)CC(=O)N3CCNC[C@@H]3C)CC2)c1.Cl.Cl. The molecule has 1 atom stereocenters. The van der Waals surface area contributed by atoms with Crippen LogP contribution in [0.3, 0.4) is 0 Å². The summed E-state index contributed by atoms with van der Waals surface area (Å²) in [6, 6.07) is 8.25. The first-order valence-electron chi connectivity index (χ1n) is 9.16. The summed E-state index contributed by atoms with van der Waals surface area (Å²) in [5, 5.41) is 3.21. The number of nitrogens with zero attached hydrogens (tertiary/aromatic N) is 3. The molecule has 2 aliphatic rings. The van der Waals surface area contributed by atoms with Crippen molar-refractivity contribution in [2.45, 2.75) is 19.9 Å². The maximum atomic E-state index is 12.7. The number of nitrogens with one attached hydrogen (secondary N) is 1. The highest BCUT2D eigenvalue weighted by atomic mass is 35.5. The van der Waals surface area contributed by atoms with Crippen molar-refractivity contribution in [2.75, 3.05) is 56.5 Å². The average Bonchev–Trinajstić information content (AvgIpc) is 2.62. The zero-order chi connectivity index (χ0) is 18.7. The van der Waals surface area contributed by atoms with Crippen molar-refractivity contribution in [1.29, 1.82) is 0 Å². The molecule has 0 radical (unpaired) electrons. The number of carbonyl (C=O) groups is 1. The van der Waals surface area contributed by atoms with E-state index >= 15 is 0 Å². The van der Waals surface area contributed by atoms with Gasteiger partial charge in [0.25, 0.3) is 0 Å². The van der Waals surface area contributed by atoms with Crippen LogP contribution in [-0.2, 0) is 14.8 Å². The van der Waals surface area contributed by atoms with E-state index in [4.69, 9.17) is 0 Å². The van der Waals surface area contributed by atoms with Gasteiger partial charge in [-0.05, 0) is 31.5 Å². The lowest BCUT2D eigenvalue weighted by molar-refractivity contribution is -0.131. The van der Waals surface area contributed by atoms with Gasteiger partial charge >= 0.3 is 0 Å². The van der Waals surface area contributed by atoms with Crippen LogP contribution in [-0.4, -0.2) is 81.1 Å². The van der Waals surface area contributed by atoms with Gasteiger partial charge in [-0.1, -0.05) is 12.1 Å². The number of benzene rings is 1. The molecule has 2 fully saturated rings. The minimum absolute atomic E-state index is 0. The van der Waals surface area contributed by atoms with E-state index < -0.39 is 15.8 Å². The second-order valence-electron chi connectivity index (χ2n) is 7.12. The quantitative estimate of drug-likeness (QED) is 0.740. The van der Waals surface area contributed by atoms with E-state index in [-0.39, 0.29) is 36.8 Å². The monoisotopic (exact) mass is 452 g/mol. The Labute approximate surface area is 180 Å². The molecule has 3 rings (SSSR count). The van der Waals surface area contributed by atoms with Gasteiger partial charge in [-0.3, -0.25) is 4.79 Å². The fraction of sp³-hybridized carbons (Fsp3) is 0.611. The molecule has 1 aromatic rings. The lowest BCUT2D eigenvalue weighted by atomic mass is 10.2. The highest BCUT2D eigenvalue weighted by Gasteiger charge is 2.32. The van der Waals surface area contributed by atoms with Crippen molar-refractivity contribution in [2.24, 2.45) is 0 Å². The molecule has 1 aromatic carbocycles. The van der Waals surface area contributed by atoms with E-state index in [2.05, 4.69) is 16.3 Å². The van der Waals surface area contributed by atoms with Gasteiger partial charge < -0.3 is 15.1 Å². The molecular weight excluding hydrogens is 423 g/mol. The molecular formula is C18H30Cl2N4O3S. The van der Waals surface area contributed by atoms with Gasteiger partial charge in [-0.25, -0.2) is 8.42 Å².